The van der Waals surface area contributed by atoms with Gasteiger partial charge in [0, 0.05) is 31.8 Å². The summed E-state index contributed by atoms with van der Waals surface area (Å²) in [6.07, 6.45) is 5.97. The molecule has 4 nitrogen and oxygen atoms in total. The van der Waals surface area contributed by atoms with Gasteiger partial charge in [0.25, 0.3) is 5.19 Å². The Morgan fingerprint density at radius 2 is 2.00 bits per heavy atom. The molecule has 2 heterocycles. The molecule has 0 saturated carbocycles. The average Bonchev–Trinajstić information content (AvgIpc) is 3.05. The van der Waals surface area contributed by atoms with E-state index in [1.807, 2.05) is 23.1 Å². The van der Waals surface area contributed by atoms with Crippen molar-refractivity contribution >= 4 is 39.1 Å². The normalized spacial score (nSPS) is 15.8. The Morgan fingerprint density at radius 1 is 1.31 bits per heavy atom. The summed E-state index contributed by atoms with van der Waals surface area (Å²) in [5, 5.41) is 1.33. The Morgan fingerprint density at radius 3 is 2.62 bits per heavy atom. The maximum Gasteiger partial charge on any atom is 0.274 e. The van der Waals surface area contributed by atoms with Crippen LogP contribution in [0, 0.1) is 5.92 Å². The first-order valence-corrected chi connectivity index (χ1v) is 10.8. The molecule has 26 heavy (non-hydrogen) atoms. The minimum absolute atomic E-state index is 0.120. The summed E-state index contributed by atoms with van der Waals surface area (Å²) in [6.45, 7) is 5.86. The van der Waals surface area contributed by atoms with E-state index >= 15 is 0 Å². The molecule has 0 bridgehead atoms. The number of para-hydroxylation sites is 1. The summed E-state index contributed by atoms with van der Waals surface area (Å²) in [7, 11) is 0. The third-order valence-electron chi connectivity index (χ3n) is 4.99. The maximum absolute atomic E-state index is 12.8. The van der Waals surface area contributed by atoms with Crippen LogP contribution in [-0.4, -0.2) is 35.0 Å². The smallest absolute Gasteiger partial charge is 0.274 e. The second-order valence-corrected chi connectivity index (χ2v) is 8.38. The fraction of sp³-hybridized carbons (Fsp3) is 0.600. The maximum atomic E-state index is 12.8. The SMILES string of the molecule is CCCC(CCC)C(=O)N1CCC(Oc2nc3c(Cl)cccc3s2)CC1. The highest BCUT2D eigenvalue weighted by atomic mass is 35.5. The van der Waals surface area contributed by atoms with Gasteiger partial charge in [0.15, 0.2) is 0 Å². The van der Waals surface area contributed by atoms with E-state index in [0.29, 0.717) is 16.1 Å². The van der Waals surface area contributed by atoms with Crippen molar-refractivity contribution in [3.63, 3.8) is 0 Å². The van der Waals surface area contributed by atoms with E-state index in [1.165, 1.54) is 11.3 Å². The minimum atomic E-state index is 0.120. The Kier molecular flexibility index (Phi) is 6.76. The lowest BCUT2D eigenvalue weighted by atomic mass is 9.95. The first-order valence-electron chi connectivity index (χ1n) is 9.62. The molecule has 0 spiro atoms. The van der Waals surface area contributed by atoms with Gasteiger partial charge >= 0.3 is 0 Å². The number of likely N-dealkylation sites (tertiary alicyclic amines) is 1. The fourth-order valence-corrected chi connectivity index (χ4v) is 4.81. The molecule has 1 aromatic heterocycles. The number of piperidine rings is 1. The summed E-state index contributed by atoms with van der Waals surface area (Å²) in [5.41, 5.74) is 0.809. The molecule has 0 N–H and O–H groups in total. The van der Waals surface area contributed by atoms with E-state index in [2.05, 4.69) is 18.8 Å². The number of carbonyl (C=O) groups is 1. The van der Waals surface area contributed by atoms with Gasteiger partial charge in [-0.25, -0.2) is 4.98 Å². The molecule has 1 saturated heterocycles. The summed E-state index contributed by atoms with van der Waals surface area (Å²) in [5.74, 6) is 0.521. The highest BCUT2D eigenvalue weighted by Gasteiger charge is 2.28. The number of amides is 1. The van der Waals surface area contributed by atoms with Crippen LogP contribution in [0.3, 0.4) is 0 Å². The van der Waals surface area contributed by atoms with E-state index in [0.717, 1.165) is 61.8 Å². The minimum Gasteiger partial charge on any atom is -0.467 e. The van der Waals surface area contributed by atoms with Crippen molar-refractivity contribution in [2.24, 2.45) is 5.92 Å². The molecule has 0 atom stereocenters. The summed E-state index contributed by atoms with van der Waals surface area (Å²) < 4.78 is 7.13. The monoisotopic (exact) mass is 394 g/mol. The second-order valence-electron chi connectivity index (χ2n) is 6.98. The Balaban J connectivity index is 1.56. The molecule has 2 aromatic rings. The molecule has 0 aliphatic carbocycles. The standard InChI is InChI=1S/C20H27ClN2O2S/c1-3-6-14(7-4-2)19(24)23-12-10-15(11-13-23)25-20-22-18-16(21)8-5-9-17(18)26-20/h5,8-9,14-15H,3-4,6-7,10-13H2,1-2H3. The number of carbonyl (C=O) groups excluding carboxylic acids is 1. The molecule has 1 aromatic carbocycles. The van der Waals surface area contributed by atoms with Crippen LogP contribution >= 0.6 is 22.9 Å². The predicted molar refractivity (Wildman–Crippen MR) is 108 cm³/mol. The quantitative estimate of drug-likeness (QED) is 0.619. The van der Waals surface area contributed by atoms with Crippen molar-refractivity contribution in [3.8, 4) is 5.19 Å². The zero-order valence-corrected chi connectivity index (χ0v) is 17.1. The van der Waals surface area contributed by atoms with Gasteiger partial charge in [0.05, 0.1) is 9.72 Å². The van der Waals surface area contributed by atoms with E-state index in [1.54, 1.807) is 0 Å². The van der Waals surface area contributed by atoms with Crippen molar-refractivity contribution in [2.75, 3.05) is 13.1 Å². The average molecular weight is 395 g/mol. The lowest BCUT2D eigenvalue weighted by Crippen LogP contribution is -2.44. The van der Waals surface area contributed by atoms with Gasteiger partial charge in [-0.1, -0.05) is 55.7 Å². The number of nitrogens with zero attached hydrogens (tertiary/aromatic N) is 2. The van der Waals surface area contributed by atoms with Crippen LogP contribution in [0.25, 0.3) is 10.2 Å². The van der Waals surface area contributed by atoms with Crippen LogP contribution in [0.1, 0.15) is 52.4 Å². The van der Waals surface area contributed by atoms with Gasteiger partial charge in [0.2, 0.25) is 5.91 Å². The Hall–Kier alpha value is -1.33. The molecule has 1 aliphatic heterocycles. The zero-order valence-electron chi connectivity index (χ0n) is 15.5. The van der Waals surface area contributed by atoms with Gasteiger partial charge in [0.1, 0.15) is 11.6 Å². The number of ether oxygens (including phenoxy) is 1. The highest BCUT2D eigenvalue weighted by Crippen LogP contribution is 2.33. The lowest BCUT2D eigenvalue weighted by molar-refractivity contribution is -0.137. The van der Waals surface area contributed by atoms with E-state index < -0.39 is 0 Å². The number of hydrogen-bond donors (Lipinski definition) is 0. The number of thiazole rings is 1. The molecule has 1 amide bonds. The highest BCUT2D eigenvalue weighted by molar-refractivity contribution is 7.20. The summed E-state index contributed by atoms with van der Waals surface area (Å²) >= 11 is 7.72. The van der Waals surface area contributed by atoms with Gasteiger partial charge in [-0.2, -0.15) is 0 Å². The molecular weight excluding hydrogens is 368 g/mol. The van der Waals surface area contributed by atoms with Crippen LogP contribution in [0.4, 0.5) is 0 Å². The van der Waals surface area contributed by atoms with Crippen molar-refractivity contribution in [2.45, 2.75) is 58.5 Å². The summed E-state index contributed by atoms with van der Waals surface area (Å²) in [6, 6.07) is 5.79. The topological polar surface area (TPSA) is 42.4 Å². The van der Waals surface area contributed by atoms with Gasteiger partial charge in [-0.15, -0.1) is 0 Å². The van der Waals surface area contributed by atoms with E-state index in [9.17, 15) is 4.79 Å². The van der Waals surface area contributed by atoms with Gasteiger partial charge in [-0.05, 0) is 25.0 Å². The van der Waals surface area contributed by atoms with Crippen LogP contribution in [-0.2, 0) is 4.79 Å². The Bertz CT molecular complexity index is 734. The number of benzene rings is 1. The van der Waals surface area contributed by atoms with Crippen LogP contribution < -0.4 is 4.74 Å². The number of hydrogen-bond acceptors (Lipinski definition) is 4. The molecule has 1 fully saturated rings. The van der Waals surface area contributed by atoms with Gasteiger partial charge < -0.3 is 9.64 Å². The molecular formula is C20H27ClN2O2S. The first-order chi connectivity index (χ1) is 12.6. The van der Waals surface area contributed by atoms with Crippen LogP contribution in [0.2, 0.25) is 5.02 Å². The third-order valence-corrected chi connectivity index (χ3v) is 6.21. The van der Waals surface area contributed by atoms with Gasteiger partial charge in [-0.3, -0.25) is 4.79 Å². The van der Waals surface area contributed by atoms with Crippen LogP contribution in [0.15, 0.2) is 18.2 Å². The van der Waals surface area contributed by atoms with E-state index in [-0.39, 0.29) is 12.0 Å². The van der Waals surface area contributed by atoms with Crippen LogP contribution in [0.5, 0.6) is 5.19 Å². The Labute approximate surface area is 164 Å². The molecule has 3 rings (SSSR count). The molecule has 0 radical (unpaired) electrons. The molecule has 142 valence electrons. The number of halogens is 1. The number of fused-ring (bicyclic) bond motifs is 1. The second kappa shape index (κ2) is 9.05. The molecule has 0 unspecified atom stereocenters. The fourth-order valence-electron chi connectivity index (χ4n) is 3.63. The zero-order chi connectivity index (χ0) is 18.5. The number of rotatable bonds is 7. The third kappa shape index (κ3) is 4.49. The van der Waals surface area contributed by atoms with Crippen molar-refractivity contribution in [1.29, 1.82) is 0 Å². The lowest BCUT2D eigenvalue weighted by Gasteiger charge is -2.34. The van der Waals surface area contributed by atoms with Crippen molar-refractivity contribution < 1.29 is 9.53 Å². The number of aromatic nitrogens is 1. The van der Waals surface area contributed by atoms with Crippen molar-refractivity contribution in [3.05, 3.63) is 23.2 Å². The molecule has 6 heteroatoms. The summed E-state index contributed by atoms with van der Waals surface area (Å²) in [4.78, 5) is 19.3. The van der Waals surface area contributed by atoms with Crippen molar-refractivity contribution in [1.82, 2.24) is 9.88 Å². The first kappa shape index (κ1) is 19.4. The predicted octanol–water partition coefficient (Wildman–Crippen LogP) is 5.54. The largest absolute Gasteiger partial charge is 0.467 e. The molecule has 1 aliphatic rings. The van der Waals surface area contributed by atoms with E-state index in [4.69, 9.17) is 16.3 Å².